The molecule has 0 aromatic carbocycles. The predicted molar refractivity (Wildman–Crippen MR) is 76.1 cm³/mol. The molecule has 0 atom stereocenters. The zero-order valence-corrected chi connectivity index (χ0v) is 11.5. The highest BCUT2D eigenvalue weighted by Crippen LogP contribution is 1.52. The van der Waals surface area contributed by atoms with Crippen molar-refractivity contribution in [1.29, 1.82) is 5.26 Å². The lowest BCUT2D eigenvalue weighted by atomic mass is 10.6. The summed E-state index contributed by atoms with van der Waals surface area (Å²) in [4.78, 5) is 0. The van der Waals surface area contributed by atoms with Gasteiger partial charge in [0.1, 0.15) is 0 Å². The number of hydrogen-bond acceptors (Lipinski definition) is 2. The molecule has 0 saturated heterocycles. The van der Waals surface area contributed by atoms with Crippen molar-refractivity contribution in [2.24, 2.45) is 0 Å². The molecule has 94 valence electrons. The molecule has 0 bridgehead atoms. The van der Waals surface area contributed by atoms with Gasteiger partial charge in [-0.2, -0.15) is 5.26 Å². The lowest BCUT2D eigenvalue weighted by molar-refractivity contribution is 0.362. The summed E-state index contributed by atoms with van der Waals surface area (Å²) < 4.78 is 3.85. The van der Waals surface area contributed by atoms with E-state index in [1.807, 2.05) is 27.7 Å². The van der Waals surface area contributed by atoms with Gasteiger partial charge in [0, 0.05) is 0 Å². The average molecular weight is 225 g/mol. The fourth-order valence-corrected chi connectivity index (χ4v) is 0. The standard InChI is InChI=1S/C4H6.2C3H6.C2H3NO.C2H6/c1-3-4-2;2*1-3-2;1-4-2-3;1-2/h3-4H,1-2H2;2*3H,1H2,2H3;1H3;1-2H3. The minimum absolute atomic E-state index is 1.32. The quantitative estimate of drug-likeness (QED) is 0.362. The van der Waals surface area contributed by atoms with Crippen LogP contribution in [0.2, 0.25) is 0 Å². The molecule has 0 aromatic heterocycles. The first-order valence-corrected chi connectivity index (χ1v) is 4.96. The van der Waals surface area contributed by atoms with E-state index in [0.29, 0.717) is 0 Å². The molecule has 0 aliphatic carbocycles. The molecular formula is C14H27NO. The maximum atomic E-state index is 7.40. The second-order valence-electron chi connectivity index (χ2n) is 1.58. The number of nitrogens with zero attached hydrogens (tertiary/aromatic N) is 1. The van der Waals surface area contributed by atoms with Gasteiger partial charge in [-0.05, 0) is 13.8 Å². The number of nitriles is 1. The van der Waals surface area contributed by atoms with Gasteiger partial charge in [0.2, 0.25) is 0 Å². The molecule has 0 aliphatic rings. The van der Waals surface area contributed by atoms with E-state index in [1.54, 1.807) is 24.3 Å². The number of rotatable bonds is 1. The molecule has 2 heteroatoms. The van der Waals surface area contributed by atoms with Crippen molar-refractivity contribution in [2.45, 2.75) is 27.7 Å². The van der Waals surface area contributed by atoms with E-state index in [2.05, 4.69) is 31.1 Å². The van der Waals surface area contributed by atoms with Gasteiger partial charge >= 0.3 is 0 Å². The van der Waals surface area contributed by atoms with E-state index in [-0.39, 0.29) is 0 Å². The molecule has 0 rings (SSSR count). The molecule has 0 spiro atoms. The van der Waals surface area contributed by atoms with E-state index in [4.69, 9.17) is 5.26 Å². The highest BCUT2D eigenvalue weighted by molar-refractivity contribution is 4.88. The largest absolute Gasteiger partial charge is 0.431 e. The zero-order chi connectivity index (χ0) is 14.2. The van der Waals surface area contributed by atoms with Crippen molar-refractivity contribution in [2.75, 3.05) is 7.11 Å². The van der Waals surface area contributed by atoms with Crippen molar-refractivity contribution in [1.82, 2.24) is 0 Å². The van der Waals surface area contributed by atoms with Crippen LogP contribution in [0.25, 0.3) is 0 Å². The fraction of sp³-hybridized carbons (Fsp3) is 0.357. The first-order valence-electron chi connectivity index (χ1n) is 4.96. The Hall–Kier alpha value is -1.75. The van der Waals surface area contributed by atoms with Crippen LogP contribution in [0.1, 0.15) is 27.7 Å². The molecule has 0 saturated carbocycles. The summed E-state index contributed by atoms with van der Waals surface area (Å²) in [6.45, 7) is 21.2. The lowest BCUT2D eigenvalue weighted by Gasteiger charge is -1.61. The maximum Gasteiger partial charge on any atom is 0.286 e. The van der Waals surface area contributed by atoms with Crippen LogP contribution < -0.4 is 0 Å². The van der Waals surface area contributed by atoms with Gasteiger partial charge in [-0.3, -0.25) is 0 Å². The van der Waals surface area contributed by atoms with Gasteiger partial charge in [-0.25, -0.2) is 0 Å². The maximum absolute atomic E-state index is 7.40. The van der Waals surface area contributed by atoms with Crippen molar-refractivity contribution in [3.8, 4) is 6.26 Å². The predicted octanol–water partition coefficient (Wildman–Crippen LogP) is 4.88. The second kappa shape index (κ2) is 110. The monoisotopic (exact) mass is 225 g/mol. The molecule has 0 N–H and O–H groups in total. The normalized spacial score (nSPS) is 4.25. The minimum atomic E-state index is 1.32. The van der Waals surface area contributed by atoms with Crippen LogP contribution in [0.5, 0.6) is 0 Å². The average Bonchev–Trinajstić information content (AvgIpc) is 2.33. The van der Waals surface area contributed by atoms with Crippen molar-refractivity contribution in [3.63, 3.8) is 0 Å². The molecule has 0 fully saturated rings. The summed E-state index contributed by atoms with van der Waals surface area (Å²) in [5.41, 5.74) is 0. The molecule has 2 nitrogen and oxygen atoms in total. The molecule has 0 radical (unpaired) electrons. The third-order valence-corrected chi connectivity index (χ3v) is 0.258. The van der Waals surface area contributed by atoms with Crippen LogP contribution in [0.4, 0.5) is 0 Å². The highest BCUT2D eigenvalue weighted by Gasteiger charge is 1.42. The summed E-state index contributed by atoms with van der Waals surface area (Å²) in [5.74, 6) is 0. The fourth-order valence-electron chi connectivity index (χ4n) is 0. The zero-order valence-electron chi connectivity index (χ0n) is 11.5. The summed E-state index contributed by atoms with van der Waals surface area (Å²) in [5, 5.41) is 7.40. The third-order valence-electron chi connectivity index (χ3n) is 0.258. The van der Waals surface area contributed by atoms with Crippen molar-refractivity contribution < 1.29 is 4.74 Å². The van der Waals surface area contributed by atoms with E-state index >= 15 is 0 Å². The van der Waals surface area contributed by atoms with E-state index < -0.39 is 0 Å². The smallest absolute Gasteiger partial charge is 0.286 e. The van der Waals surface area contributed by atoms with Gasteiger partial charge in [0.05, 0.1) is 7.11 Å². The Bertz CT molecular complexity index is 143. The minimum Gasteiger partial charge on any atom is -0.431 e. The number of ether oxygens (including phenoxy) is 1. The van der Waals surface area contributed by atoms with E-state index in [9.17, 15) is 0 Å². The Morgan fingerprint density at radius 3 is 1.06 bits per heavy atom. The molecular weight excluding hydrogens is 198 g/mol. The van der Waals surface area contributed by atoms with Crippen molar-refractivity contribution in [3.05, 3.63) is 50.6 Å². The number of methoxy groups -OCH3 is 1. The third kappa shape index (κ3) is 24800. The van der Waals surface area contributed by atoms with Crippen LogP contribution in [-0.4, -0.2) is 7.11 Å². The molecule has 0 heterocycles. The Kier molecular flexibility index (Phi) is 201. The number of allylic oxidation sites excluding steroid dienone is 4. The SMILES string of the molecule is C=CC.C=CC.C=CC=C.CC.COC#N. The number of hydrogen-bond donors (Lipinski definition) is 0. The molecule has 0 aliphatic heterocycles. The van der Waals surface area contributed by atoms with Crippen molar-refractivity contribution >= 4 is 0 Å². The lowest BCUT2D eigenvalue weighted by Crippen LogP contribution is -1.55. The Balaban J connectivity index is -0.0000000322. The van der Waals surface area contributed by atoms with Gasteiger partial charge in [-0.15, -0.1) is 13.2 Å². The molecule has 0 aromatic rings. The van der Waals surface area contributed by atoms with E-state index in [0.717, 1.165) is 0 Å². The van der Waals surface area contributed by atoms with Crippen LogP contribution in [0, 0.1) is 11.5 Å². The Labute approximate surface area is 102 Å². The molecule has 0 unspecified atom stereocenters. The van der Waals surface area contributed by atoms with Gasteiger partial charge in [-0.1, -0.05) is 51.3 Å². The summed E-state index contributed by atoms with van der Waals surface area (Å²) in [6.07, 6.45) is 8.21. The topological polar surface area (TPSA) is 33.0 Å². The summed E-state index contributed by atoms with van der Waals surface area (Å²) in [6, 6.07) is 0. The van der Waals surface area contributed by atoms with Crippen LogP contribution in [0.3, 0.4) is 0 Å². The van der Waals surface area contributed by atoms with Gasteiger partial charge < -0.3 is 4.74 Å². The summed E-state index contributed by atoms with van der Waals surface area (Å²) in [7, 11) is 1.32. The van der Waals surface area contributed by atoms with Crippen LogP contribution in [0.15, 0.2) is 50.6 Å². The Morgan fingerprint density at radius 1 is 0.938 bits per heavy atom. The highest BCUT2D eigenvalue weighted by atomic mass is 16.5. The Morgan fingerprint density at radius 2 is 1.06 bits per heavy atom. The van der Waals surface area contributed by atoms with Crippen LogP contribution >= 0.6 is 0 Å². The van der Waals surface area contributed by atoms with Gasteiger partial charge in [0.15, 0.2) is 0 Å². The first kappa shape index (κ1) is 29.2. The first-order chi connectivity index (χ1) is 7.66. The van der Waals surface area contributed by atoms with E-state index in [1.165, 1.54) is 13.4 Å². The van der Waals surface area contributed by atoms with Crippen LogP contribution in [-0.2, 0) is 4.74 Å². The summed E-state index contributed by atoms with van der Waals surface area (Å²) >= 11 is 0. The molecule has 16 heavy (non-hydrogen) atoms. The van der Waals surface area contributed by atoms with Gasteiger partial charge in [0.25, 0.3) is 6.26 Å². The second-order valence-corrected chi connectivity index (χ2v) is 1.58. The molecule has 0 amide bonds.